The SMILES string of the molecule is O=C(N[C@@H](Cc1cnc(=O)[nH]c1NC(=O)c1c(Cl)cccc1Cl)C(=O)O)c1ccc(Cl)cc1. The van der Waals surface area contributed by atoms with Gasteiger partial charge < -0.3 is 15.7 Å². The lowest BCUT2D eigenvalue weighted by atomic mass is 10.1. The van der Waals surface area contributed by atoms with Gasteiger partial charge in [0.15, 0.2) is 0 Å². The molecule has 2 aromatic carbocycles. The van der Waals surface area contributed by atoms with Crippen LogP contribution in [0.1, 0.15) is 26.3 Å². The first-order valence-electron chi connectivity index (χ1n) is 9.28. The van der Waals surface area contributed by atoms with Gasteiger partial charge in [-0.05, 0) is 36.4 Å². The van der Waals surface area contributed by atoms with Crippen molar-refractivity contribution in [2.75, 3.05) is 5.32 Å². The second-order valence-corrected chi connectivity index (χ2v) is 7.97. The highest BCUT2D eigenvalue weighted by atomic mass is 35.5. The number of amides is 2. The van der Waals surface area contributed by atoms with E-state index in [1.165, 1.54) is 36.4 Å². The zero-order valence-corrected chi connectivity index (χ0v) is 18.8. The maximum Gasteiger partial charge on any atom is 0.346 e. The summed E-state index contributed by atoms with van der Waals surface area (Å²) >= 11 is 17.9. The minimum atomic E-state index is -1.40. The molecule has 9 nitrogen and oxygen atoms in total. The van der Waals surface area contributed by atoms with Gasteiger partial charge in [0.05, 0.1) is 15.6 Å². The van der Waals surface area contributed by atoms with Crippen LogP contribution in [0.2, 0.25) is 15.1 Å². The molecule has 3 aromatic rings. The van der Waals surface area contributed by atoms with Crippen molar-refractivity contribution >= 4 is 58.4 Å². The normalized spacial score (nSPS) is 11.5. The van der Waals surface area contributed by atoms with E-state index < -0.39 is 29.5 Å². The molecule has 0 saturated heterocycles. The van der Waals surface area contributed by atoms with Gasteiger partial charge in [0, 0.05) is 28.8 Å². The van der Waals surface area contributed by atoms with Gasteiger partial charge in [-0.15, -0.1) is 0 Å². The quantitative estimate of drug-likeness (QED) is 0.385. The van der Waals surface area contributed by atoms with Gasteiger partial charge in [0.25, 0.3) is 11.8 Å². The number of carboxylic acids is 1. The molecule has 1 heterocycles. The highest BCUT2D eigenvalue weighted by Crippen LogP contribution is 2.25. The largest absolute Gasteiger partial charge is 0.480 e. The summed E-state index contributed by atoms with van der Waals surface area (Å²) in [7, 11) is 0. The first kappa shape index (κ1) is 24.2. The van der Waals surface area contributed by atoms with E-state index in [4.69, 9.17) is 34.8 Å². The summed E-state index contributed by atoms with van der Waals surface area (Å²) in [6.07, 6.45) is 0.803. The molecule has 1 aromatic heterocycles. The van der Waals surface area contributed by atoms with Crippen molar-refractivity contribution in [2.45, 2.75) is 12.5 Å². The number of aliphatic carboxylic acids is 1. The summed E-state index contributed by atoms with van der Waals surface area (Å²) < 4.78 is 0. The number of carbonyl (C=O) groups excluding carboxylic acids is 2. The van der Waals surface area contributed by atoms with Gasteiger partial charge in [-0.2, -0.15) is 0 Å². The zero-order valence-electron chi connectivity index (χ0n) is 16.6. The lowest BCUT2D eigenvalue weighted by Gasteiger charge is -2.17. The second kappa shape index (κ2) is 10.5. The number of nitrogens with one attached hydrogen (secondary N) is 3. The molecular formula is C21H15Cl3N4O5. The Hall–Kier alpha value is -3.40. The first-order chi connectivity index (χ1) is 15.7. The molecule has 12 heteroatoms. The third-order valence-corrected chi connectivity index (χ3v) is 5.33. The Balaban J connectivity index is 1.85. The average molecular weight is 510 g/mol. The van der Waals surface area contributed by atoms with Crippen molar-refractivity contribution in [1.82, 2.24) is 15.3 Å². The summed E-state index contributed by atoms with van der Waals surface area (Å²) in [6, 6.07) is 8.95. The number of hydrogen-bond acceptors (Lipinski definition) is 5. The van der Waals surface area contributed by atoms with Crippen molar-refractivity contribution in [2.24, 2.45) is 0 Å². The van der Waals surface area contributed by atoms with Crippen LogP contribution in [0.5, 0.6) is 0 Å². The Labute approximate surface area is 201 Å². The Morgan fingerprint density at radius 3 is 2.24 bits per heavy atom. The summed E-state index contributed by atoms with van der Waals surface area (Å²) in [5.74, 6) is -2.83. The highest BCUT2D eigenvalue weighted by molar-refractivity contribution is 6.40. The molecule has 0 saturated carbocycles. The molecule has 0 radical (unpaired) electrons. The summed E-state index contributed by atoms with van der Waals surface area (Å²) in [5, 5.41) is 15.0. The summed E-state index contributed by atoms with van der Waals surface area (Å²) in [4.78, 5) is 54.6. The average Bonchev–Trinajstić information content (AvgIpc) is 2.75. The van der Waals surface area contributed by atoms with E-state index in [0.29, 0.717) is 5.02 Å². The monoisotopic (exact) mass is 508 g/mol. The van der Waals surface area contributed by atoms with E-state index in [0.717, 1.165) is 6.20 Å². The molecule has 0 aliphatic rings. The van der Waals surface area contributed by atoms with E-state index >= 15 is 0 Å². The fourth-order valence-electron chi connectivity index (χ4n) is 2.84. The Morgan fingerprint density at radius 2 is 1.64 bits per heavy atom. The van der Waals surface area contributed by atoms with Crippen molar-refractivity contribution < 1.29 is 19.5 Å². The van der Waals surface area contributed by atoms with Crippen LogP contribution in [0, 0.1) is 0 Å². The molecule has 170 valence electrons. The number of hydrogen-bond donors (Lipinski definition) is 4. The Kier molecular flexibility index (Phi) is 7.70. The van der Waals surface area contributed by atoms with E-state index in [1.807, 2.05) is 0 Å². The third-order valence-electron chi connectivity index (χ3n) is 4.45. The van der Waals surface area contributed by atoms with Gasteiger partial charge in [-0.1, -0.05) is 40.9 Å². The molecule has 0 bridgehead atoms. The molecule has 0 spiro atoms. The van der Waals surface area contributed by atoms with Crippen molar-refractivity contribution in [3.05, 3.63) is 90.9 Å². The third kappa shape index (κ3) is 6.10. The van der Waals surface area contributed by atoms with Gasteiger partial charge in [0.2, 0.25) is 0 Å². The second-order valence-electron chi connectivity index (χ2n) is 6.71. The number of rotatable bonds is 7. The first-order valence-corrected chi connectivity index (χ1v) is 10.4. The Morgan fingerprint density at radius 1 is 1.00 bits per heavy atom. The predicted octanol–water partition coefficient (Wildman–Crippen LogP) is 3.41. The van der Waals surface area contributed by atoms with Gasteiger partial charge in [-0.25, -0.2) is 14.6 Å². The number of aromatic amines is 1. The van der Waals surface area contributed by atoms with E-state index in [9.17, 15) is 24.3 Å². The lowest BCUT2D eigenvalue weighted by molar-refractivity contribution is -0.139. The number of nitrogens with zero attached hydrogens (tertiary/aromatic N) is 1. The number of carbonyl (C=O) groups is 3. The van der Waals surface area contributed by atoms with Crippen LogP contribution < -0.4 is 16.3 Å². The minimum Gasteiger partial charge on any atom is -0.480 e. The number of halogens is 3. The van der Waals surface area contributed by atoms with Crippen molar-refractivity contribution in [3.63, 3.8) is 0 Å². The standard InChI is InChI=1S/C21H15Cl3N4O5/c22-12-6-4-10(5-7-12)18(29)26-15(20(31)32)8-11-9-25-21(33)28-17(11)27-19(30)16-13(23)2-1-3-14(16)24/h1-7,9,15H,8H2,(H,26,29)(H,31,32)(H2,25,27,28,30,33)/t15-/m0/s1. The summed E-state index contributed by atoms with van der Waals surface area (Å²) in [5.41, 5.74) is -0.464. The number of carboxylic acid groups (broad SMARTS) is 1. The molecule has 3 rings (SSSR count). The van der Waals surface area contributed by atoms with Crippen LogP contribution in [0.3, 0.4) is 0 Å². The highest BCUT2D eigenvalue weighted by Gasteiger charge is 2.24. The molecule has 1 atom stereocenters. The van der Waals surface area contributed by atoms with E-state index in [1.54, 1.807) is 6.07 Å². The molecule has 4 N–H and O–H groups in total. The number of benzene rings is 2. The summed E-state index contributed by atoms with van der Waals surface area (Å²) in [6.45, 7) is 0. The van der Waals surface area contributed by atoms with Crippen LogP contribution in [0.4, 0.5) is 5.82 Å². The zero-order chi connectivity index (χ0) is 24.1. The van der Waals surface area contributed by atoms with Gasteiger partial charge in [-0.3, -0.25) is 14.6 Å². The maximum atomic E-state index is 12.7. The van der Waals surface area contributed by atoms with Crippen molar-refractivity contribution in [3.8, 4) is 0 Å². The molecule has 0 aliphatic heterocycles. The predicted molar refractivity (Wildman–Crippen MR) is 123 cm³/mol. The topological polar surface area (TPSA) is 141 Å². The molecule has 0 aliphatic carbocycles. The molecule has 0 unspecified atom stereocenters. The molecule has 2 amide bonds. The molecule has 0 fully saturated rings. The van der Waals surface area contributed by atoms with Crippen LogP contribution in [0.25, 0.3) is 0 Å². The lowest BCUT2D eigenvalue weighted by Crippen LogP contribution is -2.42. The Bertz CT molecular complexity index is 1260. The molecule has 33 heavy (non-hydrogen) atoms. The number of anilines is 1. The van der Waals surface area contributed by atoms with E-state index in [-0.39, 0.29) is 39.0 Å². The van der Waals surface area contributed by atoms with Crippen LogP contribution in [0.15, 0.2) is 53.5 Å². The van der Waals surface area contributed by atoms with Gasteiger partial charge in [0.1, 0.15) is 11.9 Å². The van der Waals surface area contributed by atoms with E-state index in [2.05, 4.69) is 20.6 Å². The fraction of sp³-hybridized carbons (Fsp3) is 0.0952. The van der Waals surface area contributed by atoms with Crippen LogP contribution >= 0.6 is 34.8 Å². The van der Waals surface area contributed by atoms with Crippen LogP contribution in [-0.2, 0) is 11.2 Å². The number of aromatic nitrogens is 2. The van der Waals surface area contributed by atoms with Crippen molar-refractivity contribution in [1.29, 1.82) is 0 Å². The maximum absolute atomic E-state index is 12.7. The fourth-order valence-corrected chi connectivity index (χ4v) is 3.54. The molecular weight excluding hydrogens is 495 g/mol. The smallest absolute Gasteiger partial charge is 0.346 e. The number of H-pyrrole nitrogens is 1. The minimum absolute atomic E-state index is 0.0322. The van der Waals surface area contributed by atoms with Gasteiger partial charge >= 0.3 is 11.7 Å². The van der Waals surface area contributed by atoms with Crippen LogP contribution in [-0.4, -0.2) is 38.9 Å².